The van der Waals surface area contributed by atoms with E-state index >= 15 is 0 Å². The average Bonchev–Trinajstić information content (AvgIpc) is 2.65. The van der Waals surface area contributed by atoms with E-state index in [1.807, 2.05) is 31.2 Å². The second-order valence-electron chi connectivity index (χ2n) is 5.98. The molecule has 0 saturated heterocycles. The first-order chi connectivity index (χ1) is 12.9. The van der Waals surface area contributed by atoms with Crippen LogP contribution >= 0.6 is 12.2 Å². The summed E-state index contributed by atoms with van der Waals surface area (Å²) in [7, 11) is 0. The maximum Gasteiger partial charge on any atom is 0.259 e. The minimum atomic E-state index is -0.711. The number of aliphatic hydroxyl groups is 1. The lowest BCUT2D eigenvalue weighted by Crippen LogP contribution is -2.47. The lowest BCUT2D eigenvalue weighted by molar-refractivity contribution is -0.124. The van der Waals surface area contributed by atoms with Crippen molar-refractivity contribution in [3.05, 3.63) is 46.6 Å². The molecule has 0 bridgehead atoms. The third kappa shape index (κ3) is 7.73. The van der Waals surface area contributed by atoms with Crippen LogP contribution in [0.2, 0.25) is 0 Å². The van der Waals surface area contributed by atoms with Crippen LogP contribution < -0.4 is 20.1 Å². The Morgan fingerprint density at radius 3 is 2.78 bits per heavy atom. The SMILES string of the molecule is Cc1ccccc1OCC(O)CNC(C)NC(=O)COc1ccc(=S)[nH]n1. The number of carbonyl (C=O) groups excluding carboxylic acids is 1. The highest BCUT2D eigenvalue weighted by Crippen LogP contribution is 2.16. The van der Waals surface area contributed by atoms with E-state index in [9.17, 15) is 9.90 Å². The normalized spacial score (nSPS) is 12.9. The number of hydrogen-bond donors (Lipinski definition) is 4. The number of hydrogen-bond acceptors (Lipinski definition) is 7. The van der Waals surface area contributed by atoms with E-state index in [0.717, 1.165) is 11.3 Å². The van der Waals surface area contributed by atoms with Gasteiger partial charge in [-0.05, 0) is 31.5 Å². The smallest absolute Gasteiger partial charge is 0.259 e. The molecule has 0 aliphatic carbocycles. The molecular weight excluding hydrogens is 368 g/mol. The molecule has 0 spiro atoms. The number of aromatic nitrogens is 2. The number of aliphatic hydroxyl groups excluding tert-OH is 1. The van der Waals surface area contributed by atoms with Crippen LogP contribution in [-0.2, 0) is 4.79 Å². The van der Waals surface area contributed by atoms with Crippen LogP contribution in [0.3, 0.4) is 0 Å². The number of ether oxygens (including phenoxy) is 2. The fourth-order valence-electron chi connectivity index (χ4n) is 2.16. The molecule has 27 heavy (non-hydrogen) atoms. The van der Waals surface area contributed by atoms with E-state index in [4.69, 9.17) is 21.7 Å². The summed E-state index contributed by atoms with van der Waals surface area (Å²) in [4.78, 5) is 11.9. The molecule has 4 N–H and O–H groups in total. The second kappa shape index (κ2) is 10.6. The first-order valence-electron chi connectivity index (χ1n) is 8.52. The van der Waals surface area contributed by atoms with E-state index < -0.39 is 6.10 Å². The predicted octanol–water partition coefficient (Wildman–Crippen LogP) is 1.32. The zero-order chi connectivity index (χ0) is 19.6. The standard InChI is InChI=1S/C18H24N4O4S/c1-12-5-3-4-6-15(12)25-10-14(23)9-19-13(2)20-16(24)11-26-17-7-8-18(27)22-21-17/h3-8,13-14,19,23H,9-11H2,1-2H3,(H,20,24)(H,22,27). The summed E-state index contributed by atoms with van der Waals surface area (Å²) in [5.41, 5.74) is 1.01. The van der Waals surface area contributed by atoms with Gasteiger partial charge in [-0.2, -0.15) is 0 Å². The van der Waals surface area contributed by atoms with Gasteiger partial charge in [0.1, 0.15) is 23.1 Å². The quantitative estimate of drug-likeness (QED) is 0.357. The third-order valence-electron chi connectivity index (χ3n) is 3.57. The van der Waals surface area contributed by atoms with Crippen LogP contribution in [0, 0.1) is 11.6 Å². The van der Waals surface area contributed by atoms with Crippen LogP contribution in [-0.4, -0.2) is 53.2 Å². The van der Waals surface area contributed by atoms with Crippen molar-refractivity contribution >= 4 is 18.1 Å². The molecular formula is C18H24N4O4S. The first kappa shape index (κ1) is 20.8. The van der Waals surface area contributed by atoms with E-state index in [1.54, 1.807) is 19.1 Å². The minimum absolute atomic E-state index is 0.155. The van der Waals surface area contributed by atoms with E-state index in [2.05, 4.69) is 20.8 Å². The molecule has 2 aromatic rings. The van der Waals surface area contributed by atoms with Crippen LogP contribution in [0.25, 0.3) is 0 Å². The number of benzene rings is 1. The zero-order valence-electron chi connectivity index (χ0n) is 15.3. The highest BCUT2D eigenvalue weighted by atomic mass is 32.1. The monoisotopic (exact) mass is 392 g/mol. The van der Waals surface area contributed by atoms with E-state index in [0.29, 0.717) is 4.64 Å². The molecule has 0 aliphatic heterocycles. The van der Waals surface area contributed by atoms with E-state index in [1.165, 1.54) is 0 Å². The van der Waals surface area contributed by atoms with Crippen molar-refractivity contribution in [1.29, 1.82) is 0 Å². The number of para-hydroxylation sites is 1. The van der Waals surface area contributed by atoms with Crippen LogP contribution in [0.1, 0.15) is 12.5 Å². The van der Waals surface area contributed by atoms with Gasteiger partial charge in [0.15, 0.2) is 6.61 Å². The molecule has 2 unspecified atom stereocenters. The van der Waals surface area contributed by atoms with Gasteiger partial charge in [-0.3, -0.25) is 15.2 Å². The molecule has 0 aliphatic rings. The largest absolute Gasteiger partial charge is 0.491 e. The molecule has 1 aromatic carbocycles. The summed E-state index contributed by atoms with van der Waals surface area (Å²) in [5.74, 6) is 0.706. The highest BCUT2D eigenvalue weighted by molar-refractivity contribution is 7.71. The molecule has 1 aromatic heterocycles. The molecule has 8 nitrogen and oxygen atoms in total. The maximum absolute atomic E-state index is 11.9. The summed E-state index contributed by atoms with van der Waals surface area (Å²) in [6.07, 6.45) is -1.05. The molecule has 2 rings (SSSR count). The molecule has 146 valence electrons. The number of nitrogens with zero attached hydrogens (tertiary/aromatic N) is 1. The van der Waals surface area contributed by atoms with Crippen molar-refractivity contribution < 1.29 is 19.4 Å². The molecule has 9 heteroatoms. The average molecular weight is 392 g/mol. The van der Waals surface area contributed by atoms with E-state index in [-0.39, 0.29) is 37.7 Å². The number of carbonyl (C=O) groups is 1. The highest BCUT2D eigenvalue weighted by Gasteiger charge is 2.11. The Kier molecular flexibility index (Phi) is 8.18. The molecule has 1 heterocycles. The van der Waals surface area contributed by atoms with Crippen molar-refractivity contribution in [2.45, 2.75) is 26.1 Å². The van der Waals surface area contributed by atoms with Gasteiger partial charge in [-0.1, -0.05) is 30.4 Å². The predicted molar refractivity (Wildman–Crippen MR) is 103 cm³/mol. The molecule has 0 radical (unpaired) electrons. The van der Waals surface area contributed by atoms with Crippen LogP contribution in [0.15, 0.2) is 36.4 Å². The number of aromatic amines is 1. The topological polar surface area (TPSA) is 109 Å². The van der Waals surface area contributed by atoms with Gasteiger partial charge in [0, 0.05) is 12.6 Å². The van der Waals surface area contributed by atoms with Gasteiger partial charge in [-0.25, -0.2) is 0 Å². The Bertz CT molecular complexity index is 778. The van der Waals surface area contributed by atoms with Crippen molar-refractivity contribution in [2.75, 3.05) is 19.8 Å². The third-order valence-corrected chi connectivity index (χ3v) is 3.79. The van der Waals surface area contributed by atoms with Crippen molar-refractivity contribution in [3.8, 4) is 11.6 Å². The fourth-order valence-corrected chi connectivity index (χ4v) is 2.28. The Balaban J connectivity index is 1.63. The second-order valence-corrected chi connectivity index (χ2v) is 6.42. The number of rotatable bonds is 10. The Hall–Kier alpha value is -2.49. The van der Waals surface area contributed by atoms with Crippen LogP contribution in [0.4, 0.5) is 0 Å². The summed E-state index contributed by atoms with van der Waals surface area (Å²) in [6, 6.07) is 10.8. The van der Waals surface area contributed by atoms with Gasteiger partial charge >= 0.3 is 0 Å². The number of H-pyrrole nitrogens is 1. The lowest BCUT2D eigenvalue weighted by Gasteiger charge is -2.19. The van der Waals surface area contributed by atoms with Gasteiger partial charge in [0.05, 0.1) is 6.17 Å². The minimum Gasteiger partial charge on any atom is -0.491 e. The first-order valence-corrected chi connectivity index (χ1v) is 8.92. The Labute approximate surface area is 162 Å². The van der Waals surface area contributed by atoms with Gasteiger partial charge in [-0.15, -0.1) is 5.10 Å². The van der Waals surface area contributed by atoms with Crippen molar-refractivity contribution in [1.82, 2.24) is 20.8 Å². The summed E-state index contributed by atoms with van der Waals surface area (Å²) in [6.45, 7) is 3.96. The molecule has 0 saturated carbocycles. The Morgan fingerprint density at radius 2 is 2.07 bits per heavy atom. The zero-order valence-corrected chi connectivity index (χ0v) is 16.1. The number of nitrogens with one attached hydrogen (secondary N) is 3. The van der Waals surface area contributed by atoms with Crippen molar-refractivity contribution in [3.63, 3.8) is 0 Å². The molecule has 0 fully saturated rings. The number of aryl methyl sites for hydroxylation is 1. The number of amides is 1. The summed E-state index contributed by atoms with van der Waals surface area (Å²) in [5, 5.41) is 22.2. The van der Waals surface area contributed by atoms with Crippen LogP contribution in [0.5, 0.6) is 11.6 Å². The van der Waals surface area contributed by atoms with Gasteiger partial charge in [0.25, 0.3) is 5.91 Å². The van der Waals surface area contributed by atoms with Crippen molar-refractivity contribution in [2.24, 2.45) is 0 Å². The maximum atomic E-state index is 11.9. The van der Waals surface area contributed by atoms with Gasteiger partial charge < -0.3 is 19.9 Å². The molecule has 2 atom stereocenters. The lowest BCUT2D eigenvalue weighted by atomic mass is 10.2. The fraction of sp³-hybridized carbons (Fsp3) is 0.389. The van der Waals surface area contributed by atoms with Gasteiger partial charge in [0.2, 0.25) is 5.88 Å². The Morgan fingerprint density at radius 1 is 1.30 bits per heavy atom. The summed E-state index contributed by atoms with van der Waals surface area (Å²) < 4.78 is 11.3. The molecule has 1 amide bonds. The summed E-state index contributed by atoms with van der Waals surface area (Å²) >= 11 is 4.88.